The van der Waals surface area contributed by atoms with Gasteiger partial charge in [-0.15, -0.1) is 0 Å². The molecular weight excluding hydrogens is 289 g/mol. The number of carbonyl (C=O) groups excluding carboxylic acids is 1. The molecule has 0 amide bonds. The van der Waals surface area contributed by atoms with Gasteiger partial charge < -0.3 is 4.74 Å². The molecule has 0 aliphatic heterocycles. The van der Waals surface area contributed by atoms with Gasteiger partial charge in [-0.3, -0.25) is 0 Å². The maximum Gasteiger partial charge on any atom is 0.235 e. The highest BCUT2D eigenvalue weighted by Crippen LogP contribution is 2.49. The molecule has 1 saturated carbocycles. The fourth-order valence-corrected chi connectivity index (χ4v) is 2.45. The van der Waals surface area contributed by atoms with E-state index >= 15 is 0 Å². The summed E-state index contributed by atoms with van der Waals surface area (Å²) in [6, 6.07) is 3.35. The molecule has 0 spiro atoms. The van der Waals surface area contributed by atoms with Gasteiger partial charge in [0.1, 0.15) is 5.54 Å². The third-order valence-electron chi connectivity index (χ3n) is 3.20. The van der Waals surface area contributed by atoms with E-state index in [1.54, 1.807) is 18.2 Å². The van der Waals surface area contributed by atoms with Gasteiger partial charge >= 0.3 is 0 Å². The van der Waals surface area contributed by atoms with Crippen molar-refractivity contribution in [3.8, 4) is 5.75 Å². The maximum atomic E-state index is 13.9. The van der Waals surface area contributed by atoms with Gasteiger partial charge in [-0.25, -0.2) is 9.18 Å². The number of aliphatic imine (C=N–C) groups is 1. The average Bonchev–Trinajstić information content (AvgIpc) is 2.27. The van der Waals surface area contributed by atoms with Gasteiger partial charge in [0, 0.05) is 5.56 Å². The number of halogens is 2. The molecule has 0 radical (unpaired) electrons. The summed E-state index contributed by atoms with van der Waals surface area (Å²) >= 11 is 3.10. The van der Waals surface area contributed by atoms with Crippen LogP contribution in [0, 0.1) is 5.82 Å². The zero-order valence-electron chi connectivity index (χ0n) is 9.30. The second kappa shape index (κ2) is 4.59. The molecule has 0 atom stereocenters. The van der Waals surface area contributed by atoms with Crippen molar-refractivity contribution >= 4 is 22.0 Å². The van der Waals surface area contributed by atoms with Crippen molar-refractivity contribution in [1.82, 2.24) is 0 Å². The summed E-state index contributed by atoms with van der Waals surface area (Å²) in [6.07, 6.45) is 3.99. The van der Waals surface area contributed by atoms with Crippen LogP contribution in [0.3, 0.4) is 0 Å². The van der Waals surface area contributed by atoms with Gasteiger partial charge in [0.05, 0.1) is 11.6 Å². The molecule has 0 saturated heterocycles. The molecule has 0 unspecified atom stereocenters. The Morgan fingerprint density at radius 2 is 2.24 bits per heavy atom. The molecule has 1 aliphatic carbocycles. The number of hydrogen-bond acceptors (Lipinski definition) is 3. The van der Waals surface area contributed by atoms with Crippen LogP contribution in [0.5, 0.6) is 5.75 Å². The molecule has 0 N–H and O–H groups in total. The Morgan fingerprint density at radius 1 is 1.53 bits per heavy atom. The molecule has 5 heteroatoms. The lowest BCUT2D eigenvalue weighted by atomic mass is 9.72. The lowest BCUT2D eigenvalue weighted by Gasteiger charge is -2.37. The Kier molecular flexibility index (Phi) is 3.31. The van der Waals surface area contributed by atoms with E-state index in [0.29, 0.717) is 10.0 Å². The molecule has 1 aliphatic rings. The average molecular weight is 300 g/mol. The van der Waals surface area contributed by atoms with E-state index in [2.05, 4.69) is 20.9 Å². The van der Waals surface area contributed by atoms with Crippen LogP contribution < -0.4 is 4.74 Å². The number of ether oxygens (including phenoxy) is 1. The van der Waals surface area contributed by atoms with Crippen molar-refractivity contribution in [2.75, 3.05) is 7.11 Å². The summed E-state index contributed by atoms with van der Waals surface area (Å²) < 4.78 is 19.3. The Morgan fingerprint density at radius 3 is 2.71 bits per heavy atom. The topological polar surface area (TPSA) is 38.7 Å². The van der Waals surface area contributed by atoms with Crippen molar-refractivity contribution in [3.05, 3.63) is 28.0 Å². The highest BCUT2D eigenvalue weighted by molar-refractivity contribution is 9.10. The van der Waals surface area contributed by atoms with Crippen molar-refractivity contribution < 1.29 is 13.9 Å². The quantitative estimate of drug-likeness (QED) is 0.634. The smallest absolute Gasteiger partial charge is 0.235 e. The van der Waals surface area contributed by atoms with Crippen LogP contribution in [0.4, 0.5) is 4.39 Å². The lowest BCUT2D eigenvalue weighted by molar-refractivity contribution is 0.243. The van der Waals surface area contributed by atoms with Crippen molar-refractivity contribution in [2.45, 2.75) is 24.8 Å². The van der Waals surface area contributed by atoms with Crippen molar-refractivity contribution in [2.24, 2.45) is 4.99 Å². The van der Waals surface area contributed by atoms with Crippen LogP contribution >= 0.6 is 15.9 Å². The SMILES string of the molecule is COc1c(C2(N=C=O)CCC2)ccc(Br)c1F. The molecule has 17 heavy (non-hydrogen) atoms. The number of nitrogens with zero attached hydrogens (tertiary/aromatic N) is 1. The summed E-state index contributed by atoms with van der Waals surface area (Å²) in [5, 5.41) is 0. The molecule has 90 valence electrons. The van der Waals surface area contributed by atoms with Crippen molar-refractivity contribution in [3.63, 3.8) is 0 Å². The first-order valence-corrected chi connectivity index (χ1v) is 6.05. The van der Waals surface area contributed by atoms with E-state index in [1.165, 1.54) is 7.11 Å². The minimum Gasteiger partial charge on any atom is -0.493 e. The summed E-state index contributed by atoms with van der Waals surface area (Å²) in [6.45, 7) is 0. The first-order valence-electron chi connectivity index (χ1n) is 5.26. The van der Waals surface area contributed by atoms with E-state index in [4.69, 9.17) is 4.74 Å². The highest BCUT2D eigenvalue weighted by Gasteiger charge is 2.42. The highest BCUT2D eigenvalue weighted by atomic mass is 79.9. The maximum absolute atomic E-state index is 13.9. The second-order valence-electron chi connectivity index (χ2n) is 4.03. The molecule has 1 fully saturated rings. The van der Waals surface area contributed by atoms with Gasteiger partial charge in [-0.1, -0.05) is 6.07 Å². The largest absolute Gasteiger partial charge is 0.493 e. The van der Waals surface area contributed by atoms with Crippen LogP contribution in [-0.2, 0) is 10.3 Å². The first kappa shape index (κ1) is 12.3. The van der Waals surface area contributed by atoms with E-state index in [9.17, 15) is 9.18 Å². The third-order valence-corrected chi connectivity index (χ3v) is 3.81. The molecule has 0 heterocycles. The zero-order chi connectivity index (χ0) is 12.5. The van der Waals surface area contributed by atoms with Crippen LogP contribution in [0.2, 0.25) is 0 Å². The van der Waals surface area contributed by atoms with E-state index < -0.39 is 11.4 Å². The Hall–Kier alpha value is -1.19. The number of rotatable bonds is 3. The minimum atomic E-state index is -0.644. The van der Waals surface area contributed by atoms with E-state index in [0.717, 1.165) is 19.3 Å². The van der Waals surface area contributed by atoms with E-state index in [-0.39, 0.29) is 5.75 Å². The number of hydrogen-bond donors (Lipinski definition) is 0. The minimum absolute atomic E-state index is 0.151. The summed E-state index contributed by atoms with van der Waals surface area (Å²) in [5.41, 5.74) is -0.0236. The fraction of sp³-hybridized carbons (Fsp3) is 0.417. The normalized spacial score (nSPS) is 16.9. The lowest BCUT2D eigenvalue weighted by Crippen LogP contribution is -2.32. The van der Waals surface area contributed by atoms with Crippen LogP contribution in [0.15, 0.2) is 21.6 Å². The summed E-state index contributed by atoms with van der Waals surface area (Å²) in [4.78, 5) is 14.3. The molecule has 1 aromatic rings. The molecule has 3 nitrogen and oxygen atoms in total. The number of isocyanates is 1. The first-order chi connectivity index (χ1) is 8.14. The fourth-order valence-electron chi connectivity index (χ4n) is 2.14. The molecule has 0 bridgehead atoms. The monoisotopic (exact) mass is 299 g/mol. The van der Waals surface area contributed by atoms with Crippen LogP contribution in [0.25, 0.3) is 0 Å². The molecule has 0 aromatic heterocycles. The zero-order valence-corrected chi connectivity index (χ0v) is 10.9. The van der Waals surface area contributed by atoms with Crippen LogP contribution in [-0.4, -0.2) is 13.2 Å². The molecule has 2 rings (SSSR count). The van der Waals surface area contributed by atoms with Crippen LogP contribution in [0.1, 0.15) is 24.8 Å². The predicted molar refractivity (Wildman–Crippen MR) is 64.3 cm³/mol. The number of methoxy groups -OCH3 is 1. The Labute approximate surface area is 107 Å². The second-order valence-corrected chi connectivity index (χ2v) is 4.88. The third kappa shape index (κ3) is 1.90. The molecular formula is C12H11BrFNO2. The summed E-state index contributed by atoms with van der Waals surface area (Å²) in [5.74, 6) is -0.310. The van der Waals surface area contributed by atoms with E-state index in [1.807, 2.05) is 0 Å². The predicted octanol–water partition coefficient (Wildman–Crippen LogP) is 3.31. The summed E-state index contributed by atoms with van der Waals surface area (Å²) in [7, 11) is 1.41. The standard InChI is InChI=1S/C12H11BrFNO2/c1-17-11-8(3-4-9(13)10(11)14)12(15-7-16)5-2-6-12/h3-4H,2,5-6H2,1H3. The van der Waals surface area contributed by atoms with Gasteiger partial charge in [-0.2, -0.15) is 4.99 Å². The van der Waals surface area contributed by atoms with Gasteiger partial charge in [0.15, 0.2) is 11.6 Å². The van der Waals surface area contributed by atoms with Gasteiger partial charge in [-0.05, 0) is 41.3 Å². The Balaban J connectivity index is 2.58. The molecule has 1 aromatic carbocycles. The number of benzene rings is 1. The van der Waals surface area contributed by atoms with Gasteiger partial charge in [0.25, 0.3) is 0 Å². The van der Waals surface area contributed by atoms with Crippen molar-refractivity contribution in [1.29, 1.82) is 0 Å². The van der Waals surface area contributed by atoms with Gasteiger partial charge in [0.2, 0.25) is 6.08 Å². The Bertz CT molecular complexity index is 494.